The van der Waals surface area contributed by atoms with Gasteiger partial charge in [0.15, 0.2) is 0 Å². The van der Waals surface area contributed by atoms with Crippen LogP contribution >= 0.6 is 11.3 Å². The molecule has 0 fully saturated rings. The first kappa shape index (κ1) is 19.5. The van der Waals surface area contributed by atoms with Gasteiger partial charge in [0.2, 0.25) is 0 Å². The van der Waals surface area contributed by atoms with Gasteiger partial charge < -0.3 is 0 Å². The summed E-state index contributed by atoms with van der Waals surface area (Å²) in [6, 6.07) is 16.7. The summed E-state index contributed by atoms with van der Waals surface area (Å²) in [5, 5.41) is 4.81. The molecule has 4 rings (SSSR count). The Morgan fingerprint density at radius 3 is 2.43 bits per heavy atom. The predicted octanol–water partition coefficient (Wildman–Crippen LogP) is 2.83. The zero-order valence-corrected chi connectivity index (χ0v) is 16.9. The van der Waals surface area contributed by atoms with Gasteiger partial charge in [-0.05, 0) is 24.6 Å². The van der Waals surface area contributed by atoms with Crippen molar-refractivity contribution in [2.24, 2.45) is 0 Å². The van der Waals surface area contributed by atoms with E-state index in [0.717, 1.165) is 16.1 Å². The molecular formula is C21H18N6O2S. The van der Waals surface area contributed by atoms with Gasteiger partial charge in [0.05, 0.1) is 12.2 Å². The van der Waals surface area contributed by atoms with E-state index in [9.17, 15) is 9.59 Å². The Hall–Kier alpha value is -3.85. The summed E-state index contributed by atoms with van der Waals surface area (Å²) in [7, 11) is 0. The Bertz CT molecular complexity index is 1150. The Balaban J connectivity index is 1.37. The first-order valence-corrected chi connectivity index (χ1v) is 9.96. The van der Waals surface area contributed by atoms with Crippen molar-refractivity contribution < 1.29 is 9.59 Å². The van der Waals surface area contributed by atoms with Crippen molar-refractivity contribution in [3.05, 3.63) is 88.9 Å². The molecule has 0 aliphatic rings. The van der Waals surface area contributed by atoms with Gasteiger partial charge in [-0.15, -0.1) is 11.3 Å². The summed E-state index contributed by atoms with van der Waals surface area (Å²) >= 11 is 1.28. The van der Waals surface area contributed by atoms with Crippen LogP contribution in [-0.2, 0) is 6.54 Å². The summed E-state index contributed by atoms with van der Waals surface area (Å²) in [6.45, 7) is 2.33. The zero-order chi connectivity index (χ0) is 20.9. The lowest BCUT2D eigenvalue weighted by Crippen LogP contribution is -2.41. The van der Waals surface area contributed by atoms with Gasteiger partial charge in [-0.25, -0.2) is 14.6 Å². The number of thiazole rings is 1. The third kappa shape index (κ3) is 4.41. The molecule has 0 aliphatic heterocycles. The number of benzene rings is 2. The zero-order valence-electron chi connectivity index (χ0n) is 16.1. The van der Waals surface area contributed by atoms with E-state index in [4.69, 9.17) is 0 Å². The number of carbonyl (C=O) groups excluding carboxylic acids is 2. The minimum absolute atomic E-state index is 0.400. The molecule has 0 atom stereocenters. The van der Waals surface area contributed by atoms with Crippen LogP contribution in [0.3, 0.4) is 0 Å². The maximum Gasteiger partial charge on any atom is 0.281 e. The fourth-order valence-corrected chi connectivity index (χ4v) is 3.78. The molecule has 0 unspecified atom stereocenters. The van der Waals surface area contributed by atoms with E-state index in [0.29, 0.717) is 22.7 Å². The molecule has 2 heterocycles. The minimum Gasteiger partial charge on any atom is -0.267 e. The molecule has 0 spiro atoms. The first-order chi connectivity index (χ1) is 14.6. The second-order valence-electron chi connectivity index (χ2n) is 6.50. The van der Waals surface area contributed by atoms with Crippen molar-refractivity contribution in [2.75, 3.05) is 0 Å². The molecule has 2 aromatic heterocycles. The number of hydrogen-bond donors (Lipinski definition) is 2. The smallest absolute Gasteiger partial charge is 0.267 e. The van der Waals surface area contributed by atoms with Gasteiger partial charge in [-0.2, -0.15) is 5.10 Å². The topological polar surface area (TPSA) is 102 Å². The highest BCUT2D eigenvalue weighted by Crippen LogP contribution is 2.27. The third-order valence-corrected chi connectivity index (χ3v) is 5.55. The molecule has 30 heavy (non-hydrogen) atoms. The van der Waals surface area contributed by atoms with Gasteiger partial charge in [0.1, 0.15) is 22.5 Å². The summed E-state index contributed by atoms with van der Waals surface area (Å²) in [6.07, 6.45) is 3.10. The number of nitrogens with zero attached hydrogens (tertiary/aromatic N) is 4. The lowest BCUT2D eigenvalue weighted by molar-refractivity contribution is 0.0848. The molecule has 0 saturated heterocycles. The second kappa shape index (κ2) is 8.66. The molecule has 2 N–H and O–H groups in total. The standard InChI is InChI=1S/C21H18N6O2S/c1-14-18(30-21(24-14)17-5-3-2-4-6-17)20(29)26-25-19(28)16-9-7-15(8-10-16)11-27-13-22-12-23-27/h2-10,12-13H,11H2,1H3,(H,25,28)(H,26,29). The van der Waals surface area contributed by atoms with Crippen LogP contribution in [0.1, 0.15) is 31.3 Å². The number of hydrogen-bond acceptors (Lipinski definition) is 6. The summed E-state index contributed by atoms with van der Waals surface area (Å²) in [5.74, 6) is -0.801. The van der Waals surface area contributed by atoms with Gasteiger partial charge >= 0.3 is 0 Å². The predicted molar refractivity (Wildman–Crippen MR) is 113 cm³/mol. The van der Waals surface area contributed by atoms with E-state index < -0.39 is 11.8 Å². The van der Waals surface area contributed by atoms with Crippen LogP contribution in [0.5, 0.6) is 0 Å². The van der Waals surface area contributed by atoms with Crippen LogP contribution in [0.25, 0.3) is 10.6 Å². The maximum absolute atomic E-state index is 12.5. The van der Waals surface area contributed by atoms with Crippen molar-refractivity contribution in [1.82, 2.24) is 30.6 Å². The average molecular weight is 418 g/mol. The van der Waals surface area contributed by atoms with Crippen LogP contribution in [0.4, 0.5) is 0 Å². The summed E-state index contributed by atoms with van der Waals surface area (Å²) in [4.78, 5) is 33.7. The number of rotatable bonds is 5. The highest BCUT2D eigenvalue weighted by Gasteiger charge is 2.17. The normalized spacial score (nSPS) is 10.6. The van der Waals surface area contributed by atoms with Gasteiger partial charge in [0.25, 0.3) is 11.8 Å². The summed E-state index contributed by atoms with van der Waals surface area (Å²) in [5.41, 5.74) is 7.89. The lowest BCUT2D eigenvalue weighted by atomic mass is 10.1. The molecule has 2 aromatic carbocycles. The number of nitrogens with one attached hydrogen (secondary N) is 2. The molecule has 8 nitrogen and oxygen atoms in total. The van der Waals surface area contributed by atoms with E-state index in [1.165, 1.54) is 17.7 Å². The molecule has 0 radical (unpaired) electrons. The quantitative estimate of drug-likeness (QED) is 0.485. The Morgan fingerprint density at radius 2 is 1.73 bits per heavy atom. The molecule has 0 bridgehead atoms. The Labute approximate surface area is 176 Å². The number of carbonyl (C=O) groups is 2. The van der Waals surface area contributed by atoms with Crippen molar-refractivity contribution in [1.29, 1.82) is 0 Å². The highest BCUT2D eigenvalue weighted by molar-refractivity contribution is 7.17. The highest BCUT2D eigenvalue weighted by atomic mass is 32.1. The average Bonchev–Trinajstić information content (AvgIpc) is 3.42. The van der Waals surface area contributed by atoms with Crippen LogP contribution in [-0.4, -0.2) is 31.6 Å². The molecule has 0 aliphatic carbocycles. The van der Waals surface area contributed by atoms with E-state index in [2.05, 4.69) is 25.9 Å². The molecular weight excluding hydrogens is 400 g/mol. The number of aromatic nitrogens is 4. The second-order valence-corrected chi connectivity index (χ2v) is 7.50. The first-order valence-electron chi connectivity index (χ1n) is 9.15. The van der Waals surface area contributed by atoms with Crippen molar-refractivity contribution in [3.63, 3.8) is 0 Å². The van der Waals surface area contributed by atoms with E-state index in [1.807, 2.05) is 42.5 Å². The SMILES string of the molecule is Cc1nc(-c2ccccc2)sc1C(=O)NNC(=O)c1ccc(Cn2cncn2)cc1. The van der Waals surface area contributed by atoms with Gasteiger partial charge in [-0.3, -0.25) is 20.4 Å². The minimum atomic E-state index is -0.402. The van der Waals surface area contributed by atoms with Crippen LogP contribution < -0.4 is 10.9 Å². The van der Waals surface area contributed by atoms with Crippen molar-refractivity contribution in [2.45, 2.75) is 13.5 Å². The van der Waals surface area contributed by atoms with E-state index in [-0.39, 0.29) is 0 Å². The van der Waals surface area contributed by atoms with Crippen LogP contribution in [0, 0.1) is 6.92 Å². The van der Waals surface area contributed by atoms with Gasteiger partial charge in [0, 0.05) is 11.1 Å². The largest absolute Gasteiger partial charge is 0.281 e. The molecule has 2 amide bonds. The molecule has 4 aromatic rings. The maximum atomic E-state index is 12.5. The monoisotopic (exact) mass is 418 g/mol. The molecule has 0 saturated carbocycles. The Kier molecular flexibility index (Phi) is 5.62. The fraction of sp³-hybridized carbons (Fsp3) is 0.0952. The molecule has 150 valence electrons. The number of hydrazine groups is 1. The van der Waals surface area contributed by atoms with Crippen molar-refractivity contribution in [3.8, 4) is 10.6 Å². The number of aryl methyl sites for hydroxylation is 1. The van der Waals surface area contributed by atoms with Crippen LogP contribution in [0.15, 0.2) is 67.3 Å². The van der Waals surface area contributed by atoms with E-state index >= 15 is 0 Å². The molecule has 9 heteroatoms. The number of amides is 2. The van der Waals surface area contributed by atoms with Crippen molar-refractivity contribution >= 4 is 23.2 Å². The fourth-order valence-electron chi connectivity index (χ4n) is 2.82. The third-order valence-electron chi connectivity index (χ3n) is 4.34. The van der Waals surface area contributed by atoms with Gasteiger partial charge in [-0.1, -0.05) is 42.5 Å². The van der Waals surface area contributed by atoms with E-state index in [1.54, 1.807) is 30.1 Å². The summed E-state index contributed by atoms with van der Waals surface area (Å²) < 4.78 is 1.69. The van der Waals surface area contributed by atoms with Crippen LogP contribution in [0.2, 0.25) is 0 Å². The lowest BCUT2D eigenvalue weighted by Gasteiger charge is -2.07. The Morgan fingerprint density at radius 1 is 1.00 bits per heavy atom.